The fraction of sp³-hybridized carbons (Fsp3) is 0. The first-order chi connectivity index (χ1) is 19.8. The number of fused-ring (bicyclic) bond motifs is 9. The molecule has 2 nitrogen and oxygen atoms in total. The lowest BCUT2D eigenvalue weighted by Crippen LogP contribution is -1.94. The summed E-state index contributed by atoms with van der Waals surface area (Å²) in [5.41, 5.74) is 7.29. The molecule has 0 N–H and O–H groups in total. The highest BCUT2D eigenvalue weighted by Gasteiger charge is 2.16. The third kappa shape index (κ3) is 2.93. The first kappa shape index (κ1) is 21.6. The Hall–Kier alpha value is -5.34. The summed E-state index contributed by atoms with van der Waals surface area (Å²) in [6.45, 7) is 0. The minimum atomic E-state index is 1.18. The van der Waals surface area contributed by atoms with E-state index in [4.69, 9.17) is 0 Å². The molecule has 0 unspecified atom stereocenters. The first-order valence-corrected chi connectivity index (χ1v) is 13.8. The van der Waals surface area contributed by atoms with Crippen molar-refractivity contribution in [3.05, 3.63) is 146 Å². The van der Waals surface area contributed by atoms with Gasteiger partial charge in [-0.2, -0.15) is 0 Å². The normalized spacial score (nSPS) is 12.0. The summed E-state index contributed by atoms with van der Waals surface area (Å²) in [6.07, 6.45) is 0. The number of hydrogen-bond donors (Lipinski definition) is 0. The lowest BCUT2D eigenvalue weighted by atomic mass is 9.98. The SMILES string of the molecule is c1ccc(-n2c3ccccc3c3cc4ccc5cc6c7ccccc7n(-c7ccccc7)c6cc5c4cc32)cc1. The van der Waals surface area contributed by atoms with Gasteiger partial charge in [0.15, 0.2) is 0 Å². The van der Waals surface area contributed by atoms with Crippen LogP contribution < -0.4 is 0 Å². The van der Waals surface area contributed by atoms with E-state index in [1.165, 1.54) is 76.5 Å². The van der Waals surface area contributed by atoms with Crippen molar-refractivity contribution < 1.29 is 0 Å². The summed E-state index contributed by atoms with van der Waals surface area (Å²) in [7, 11) is 0. The van der Waals surface area contributed by atoms with Gasteiger partial charge in [0.05, 0.1) is 22.1 Å². The van der Waals surface area contributed by atoms with Crippen LogP contribution in [0, 0.1) is 0 Å². The van der Waals surface area contributed by atoms with Crippen molar-refractivity contribution in [1.29, 1.82) is 0 Å². The molecule has 186 valence electrons. The van der Waals surface area contributed by atoms with Gasteiger partial charge in [-0.15, -0.1) is 0 Å². The number of benzene rings is 7. The molecule has 2 heteroatoms. The van der Waals surface area contributed by atoms with E-state index in [1.807, 2.05) is 0 Å². The van der Waals surface area contributed by atoms with Gasteiger partial charge in [-0.25, -0.2) is 0 Å². The van der Waals surface area contributed by atoms with E-state index in [2.05, 4.69) is 155 Å². The Bertz CT molecular complexity index is 2240. The molecule has 0 aliphatic rings. The van der Waals surface area contributed by atoms with Gasteiger partial charge in [0, 0.05) is 32.9 Å². The van der Waals surface area contributed by atoms with E-state index in [-0.39, 0.29) is 0 Å². The summed E-state index contributed by atoms with van der Waals surface area (Å²) >= 11 is 0. The fourth-order valence-electron chi connectivity index (χ4n) is 6.70. The zero-order valence-electron chi connectivity index (χ0n) is 21.8. The molecular weight excluding hydrogens is 484 g/mol. The molecule has 0 bridgehead atoms. The molecule has 9 aromatic rings. The molecule has 2 aromatic heterocycles. The number of rotatable bonds is 2. The van der Waals surface area contributed by atoms with Crippen LogP contribution in [0.4, 0.5) is 0 Å². The Labute approximate surface area is 230 Å². The number of aromatic nitrogens is 2. The average molecular weight is 509 g/mol. The molecule has 2 heterocycles. The van der Waals surface area contributed by atoms with Crippen LogP contribution >= 0.6 is 0 Å². The lowest BCUT2D eigenvalue weighted by Gasteiger charge is -2.11. The standard InChI is InChI=1S/C38H24N2/c1-3-11-27(12-4-1)39-35-17-9-7-15-29(35)33-21-25-19-20-26-22-34-30-16-8-10-18-36(30)40(28-13-5-2-6-14-28)38(34)24-32(26)31(25)23-37(33)39/h1-24H. The second kappa shape index (κ2) is 8.08. The monoisotopic (exact) mass is 508 g/mol. The molecule has 0 spiro atoms. The highest BCUT2D eigenvalue weighted by molar-refractivity contribution is 6.21. The second-order valence-electron chi connectivity index (χ2n) is 10.6. The van der Waals surface area contributed by atoms with Gasteiger partial charge >= 0.3 is 0 Å². The molecule has 0 radical (unpaired) electrons. The van der Waals surface area contributed by atoms with Gasteiger partial charge in [0.1, 0.15) is 0 Å². The maximum absolute atomic E-state index is 2.41. The van der Waals surface area contributed by atoms with Crippen LogP contribution in [0.3, 0.4) is 0 Å². The smallest absolute Gasteiger partial charge is 0.0547 e. The van der Waals surface area contributed by atoms with Gasteiger partial charge in [-0.3, -0.25) is 0 Å². The summed E-state index contributed by atoms with van der Waals surface area (Å²) in [5, 5.41) is 10.2. The third-order valence-corrected chi connectivity index (χ3v) is 8.45. The largest absolute Gasteiger partial charge is 0.309 e. The zero-order valence-corrected chi connectivity index (χ0v) is 21.8. The zero-order chi connectivity index (χ0) is 26.2. The predicted octanol–water partition coefficient (Wildman–Crippen LogP) is 10.2. The van der Waals surface area contributed by atoms with Crippen LogP contribution in [-0.4, -0.2) is 9.13 Å². The van der Waals surface area contributed by atoms with Crippen LogP contribution in [0.15, 0.2) is 146 Å². The quantitative estimate of drug-likeness (QED) is 0.206. The highest BCUT2D eigenvalue weighted by atomic mass is 15.0. The lowest BCUT2D eigenvalue weighted by molar-refractivity contribution is 1.18. The Morgan fingerprint density at radius 3 is 1.12 bits per heavy atom. The second-order valence-corrected chi connectivity index (χ2v) is 10.6. The van der Waals surface area contributed by atoms with E-state index in [1.54, 1.807) is 0 Å². The predicted molar refractivity (Wildman–Crippen MR) is 170 cm³/mol. The molecule has 7 aromatic carbocycles. The van der Waals surface area contributed by atoms with Crippen molar-refractivity contribution >= 4 is 65.2 Å². The highest BCUT2D eigenvalue weighted by Crippen LogP contribution is 2.40. The van der Waals surface area contributed by atoms with Gasteiger partial charge in [0.25, 0.3) is 0 Å². The summed E-state index contributed by atoms with van der Waals surface area (Å²) in [5.74, 6) is 0. The molecule has 0 fully saturated rings. The Morgan fingerprint density at radius 1 is 0.275 bits per heavy atom. The summed E-state index contributed by atoms with van der Waals surface area (Å²) < 4.78 is 4.81. The Balaban J connectivity index is 1.44. The molecular formula is C38H24N2. The summed E-state index contributed by atoms with van der Waals surface area (Å²) in [6, 6.07) is 53.0. The van der Waals surface area contributed by atoms with Crippen molar-refractivity contribution in [2.24, 2.45) is 0 Å². The molecule has 0 aliphatic heterocycles. The van der Waals surface area contributed by atoms with Crippen molar-refractivity contribution in [3.63, 3.8) is 0 Å². The molecule has 40 heavy (non-hydrogen) atoms. The van der Waals surface area contributed by atoms with Gasteiger partial charge in [-0.1, -0.05) is 84.9 Å². The molecule has 9 rings (SSSR count). The number of nitrogens with zero attached hydrogens (tertiary/aromatic N) is 2. The Kier molecular flexibility index (Phi) is 4.36. The van der Waals surface area contributed by atoms with Crippen molar-refractivity contribution in [2.75, 3.05) is 0 Å². The maximum Gasteiger partial charge on any atom is 0.0547 e. The van der Waals surface area contributed by atoms with Crippen LogP contribution in [0.25, 0.3) is 76.5 Å². The van der Waals surface area contributed by atoms with Gasteiger partial charge in [0.2, 0.25) is 0 Å². The maximum atomic E-state index is 2.41. The summed E-state index contributed by atoms with van der Waals surface area (Å²) in [4.78, 5) is 0. The number of para-hydroxylation sites is 4. The molecule has 0 atom stereocenters. The minimum absolute atomic E-state index is 1.18. The van der Waals surface area contributed by atoms with E-state index in [9.17, 15) is 0 Å². The average Bonchev–Trinajstić information content (AvgIpc) is 3.52. The molecule has 0 amide bonds. The van der Waals surface area contributed by atoms with Gasteiger partial charge < -0.3 is 9.13 Å². The van der Waals surface area contributed by atoms with Crippen LogP contribution in [0.5, 0.6) is 0 Å². The van der Waals surface area contributed by atoms with Crippen molar-refractivity contribution in [1.82, 2.24) is 9.13 Å². The van der Waals surface area contributed by atoms with E-state index in [0.29, 0.717) is 0 Å². The topological polar surface area (TPSA) is 9.86 Å². The van der Waals surface area contributed by atoms with Crippen LogP contribution in [-0.2, 0) is 0 Å². The van der Waals surface area contributed by atoms with E-state index < -0.39 is 0 Å². The van der Waals surface area contributed by atoms with E-state index in [0.717, 1.165) is 0 Å². The Morgan fingerprint density at radius 2 is 0.675 bits per heavy atom. The third-order valence-electron chi connectivity index (χ3n) is 8.45. The van der Waals surface area contributed by atoms with Gasteiger partial charge in [-0.05, 0) is 82.2 Å². The number of hydrogen-bond acceptors (Lipinski definition) is 0. The molecule has 0 aliphatic carbocycles. The minimum Gasteiger partial charge on any atom is -0.309 e. The first-order valence-electron chi connectivity index (χ1n) is 13.8. The molecule has 0 saturated heterocycles. The van der Waals surface area contributed by atoms with E-state index >= 15 is 0 Å². The van der Waals surface area contributed by atoms with Crippen molar-refractivity contribution in [3.8, 4) is 11.4 Å². The fourth-order valence-corrected chi connectivity index (χ4v) is 6.70. The van der Waals surface area contributed by atoms with Crippen molar-refractivity contribution in [2.45, 2.75) is 0 Å². The molecule has 0 saturated carbocycles. The van der Waals surface area contributed by atoms with Crippen LogP contribution in [0.2, 0.25) is 0 Å². The van der Waals surface area contributed by atoms with Crippen LogP contribution in [0.1, 0.15) is 0 Å².